The second-order valence-corrected chi connectivity index (χ2v) is 7.08. The molecule has 3 heterocycles. The SMILES string of the molecule is CC(NC(=O)N(Cc1cccs1)CC1CCCO1)c1ccncc1. The van der Waals surface area contributed by atoms with Gasteiger partial charge in [0.25, 0.3) is 0 Å². The zero-order valence-corrected chi connectivity index (χ0v) is 14.7. The van der Waals surface area contributed by atoms with Crippen molar-refractivity contribution in [2.45, 2.75) is 38.5 Å². The average molecular weight is 345 g/mol. The molecule has 2 unspecified atom stereocenters. The van der Waals surface area contributed by atoms with Crippen LogP contribution in [0.15, 0.2) is 42.0 Å². The number of amides is 2. The molecule has 1 saturated heterocycles. The second-order valence-electron chi connectivity index (χ2n) is 6.05. The Morgan fingerprint density at radius 2 is 2.29 bits per heavy atom. The van der Waals surface area contributed by atoms with E-state index in [0.29, 0.717) is 13.1 Å². The van der Waals surface area contributed by atoms with Crippen LogP contribution in [0.2, 0.25) is 0 Å². The van der Waals surface area contributed by atoms with E-state index in [4.69, 9.17) is 4.74 Å². The van der Waals surface area contributed by atoms with Gasteiger partial charge in [-0.25, -0.2) is 4.79 Å². The summed E-state index contributed by atoms with van der Waals surface area (Å²) < 4.78 is 5.72. The van der Waals surface area contributed by atoms with Gasteiger partial charge in [-0.3, -0.25) is 4.98 Å². The maximum atomic E-state index is 12.8. The van der Waals surface area contributed by atoms with Crippen LogP contribution in [0.1, 0.15) is 36.2 Å². The summed E-state index contributed by atoms with van der Waals surface area (Å²) in [7, 11) is 0. The van der Waals surface area contributed by atoms with Crippen molar-refractivity contribution in [3.63, 3.8) is 0 Å². The fourth-order valence-electron chi connectivity index (χ4n) is 2.86. The smallest absolute Gasteiger partial charge is 0.318 e. The first-order valence-electron chi connectivity index (χ1n) is 8.31. The molecular formula is C18H23N3O2S. The first-order valence-corrected chi connectivity index (χ1v) is 9.19. The monoisotopic (exact) mass is 345 g/mol. The van der Waals surface area contributed by atoms with Crippen LogP contribution in [-0.4, -0.2) is 35.2 Å². The minimum absolute atomic E-state index is 0.0526. The van der Waals surface area contributed by atoms with E-state index in [1.807, 2.05) is 35.4 Å². The summed E-state index contributed by atoms with van der Waals surface area (Å²) in [4.78, 5) is 19.9. The molecule has 6 heteroatoms. The van der Waals surface area contributed by atoms with E-state index >= 15 is 0 Å². The third-order valence-corrected chi connectivity index (χ3v) is 5.07. The average Bonchev–Trinajstić information content (AvgIpc) is 3.29. The number of urea groups is 1. The van der Waals surface area contributed by atoms with Crippen molar-refractivity contribution >= 4 is 17.4 Å². The molecule has 1 N–H and O–H groups in total. The lowest BCUT2D eigenvalue weighted by atomic mass is 10.1. The minimum atomic E-state index is -0.0594. The van der Waals surface area contributed by atoms with E-state index in [-0.39, 0.29) is 18.2 Å². The van der Waals surface area contributed by atoms with E-state index in [1.165, 1.54) is 4.88 Å². The number of carbonyl (C=O) groups excluding carboxylic acids is 1. The minimum Gasteiger partial charge on any atom is -0.376 e. The second kappa shape index (κ2) is 8.26. The summed E-state index contributed by atoms with van der Waals surface area (Å²) in [5, 5.41) is 5.13. The fraction of sp³-hybridized carbons (Fsp3) is 0.444. The van der Waals surface area contributed by atoms with Crippen LogP contribution in [0.5, 0.6) is 0 Å². The van der Waals surface area contributed by atoms with Gasteiger partial charge in [0.15, 0.2) is 0 Å². The predicted molar refractivity (Wildman–Crippen MR) is 94.9 cm³/mol. The Morgan fingerprint density at radius 3 is 2.96 bits per heavy atom. The lowest BCUT2D eigenvalue weighted by molar-refractivity contribution is 0.0792. The van der Waals surface area contributed by atoms with Gasteiger partial charge in [0.1, 0.15) is 0 Å². The summed E-state index contributed by atoms with van der Waals surface area (Å²) in [6.45, 7) is 4.04. The maximum absolute atomic E-state index is 12.8. The van der Waals surface area contributed by atoms with E-state index < -0.39 is 0 Å². The normalized spacial score (nSPS) is 18.3. The Balaban J connectivity index is 1.65. The number of carbonyl (C=O) groups is 1. The van der Waals surface area contributed by atoms with Gasteiger partial charge in [-0.1, -0.05) is 6.07 Å². The summed E-state index contributed by atoms with van der Waals surface area (Å²) in [6, 6.07) is 7.82. The van der Waals surface area contributed by atoms with Crippen molar-refractivity contribution in [1.29, 1.82) is 0 Å². The first-order chi connectivity index (χ1) is 11.7. The molecule has 2 amide bonds. The Hall–Kier alpha value is -1.92. The van der Waals surface area contributed by atoms with Gasteiger partial charge in [-0.15, -0.1) is 11.3 Å². The Morgan fingerprint density at radius 1 is 1.46 bits per heavy atom. The molecule has 24 heavy (non-hydrogen) atoms. The maximum Gasteiger partial charge on any atom is 0.318 e. The lowest BCUT2D eigenvalue weighted by Gasteiger charge is -2.27. The predicted octanol–water partition coefficient (Wildman–Crippen LogP) is 3.59. The zero-order chi connectivity index (χ0) is 16.8. The number of nitrogens with zero attached hydrogens (tertiary/aromatic N) is 2. The molecule has 2 atom stereocenters. The molecule has 2 aromatic heterocycles. The van der Waals surface area contributed by atoms with Crippen LogP contribution in [0.4, 0.5) is 4.79 Å². The standard InChI is InChI=1S/C18H23N3O2S/c1-14(15-6-8-19-9-7-15)20-18(22)21(12-16-4-2-10-23-16)13-17-5-3-11-24-17/h3,5-9,11,14,16H,2,4,10,12-13H2,1H3,(H,20,22). The molecule has 1 fully saturated rings. The van der Waals surface area contributed by atoms with E-state index in [1.54, 1.807) is 23.7 Å². The fourth-order valence-corrected chi connectivity index (χ4v) is 3.58. The first kappa shape index (κ1) is 16.9. The van der Waals surface area contributed by atoms with Crippen LogP contribution >= 0.6 is 11.3 Å². The number of nitrogens with one attached hydrogen (secondary N) is 1. The summed E-state index contributed by atoms with van der Waals surface area (Å²) in [5.41, 5.74) is 1.05. The van der Waals surface area contributed by atoms with Crippen molar-refractivity contribution in [2.24, 2.45) is 0 Å². The number of hydrogen-bond donors (Lipinski definition) is 1. The topological polar surface area (TPSA) is 54.5 Å². The Labute approximate surface area is 146 Å². The van der Waals surface area contributed by atoms with Crippen molar-refractivity contribution in [2.75, 3.05) is 13.2 Å². The molecule has 0 aromatic carbocycles. The van der Waals surface area contributed by atoms with E-state index in [9.17, 15) is 4.79 Å². The number of ether oxygens (including phenoxy) is 1. The molecule has 0 radical (unpaired) electrons. The largest absolute Gasteiger partial charge is 0.376 e. The summed E-state index contributed by atoms with van der Waals surface area (Å²) in [5.74, 6) is 0. The van der Waals surface area contributed by atoms with Gasteiger partial charge in [-0.2, -0.15) is 0 Å². The van der Waals surface area contributed by atoms with Crippen LogP contribution in [-0.2, 0) is 11.3 Å². The molecule has 2 aromatic rings. The number of thiophene rings is 1. The van der Waals surface area contributed by atoms with Crippen LogP contribution in [0, 0.1) is 0 Å². The van der Waals surface area contributed by atoms with Gasteiger partial charge < -0.3 is 15.0 Å². The third kappa shape index (κ3) is 4.55. The van der Waals surface area contributed by atoms with Crippen molar-refractivity contribution in [3.8, 4) is 0 Å². The molecule has 128 valence electrons. The zero-order valence-electron chi connectivity index (χ0n) is 13.9. The number of pyridine rings is 1. The van der Waals surface area contributed by atoms with Crippen LogP contribution in [0.25, 0.3) is 0 Å². The van der Waals surface area contributed by atoms with Crippen molar-refractivity contribution in [1.82, 2.24) is 15.2 Å². The molecule has 1 aliphatic rings. The summed E-state index contributed by atoms with van der Waals surface area (Å²) in [6.07, 6.45) is 5.73. The third-order valence-electron chi connectivity index (χ3n) is 4.21. The highest BCUT2D eigenvalue weighted by atomic mass is 32.1. The molecule has 0 saturated carbocycles. The van der Waals surface area contributed by atoms with E-state index in [0.717, 1.165) is 25.0 Å². The van der Waals surface area contributed by atoms with Crippen molar-refractivity contribution < 1.29 is 9.53 Å². The molecule has 5 nitrogen and oxygen atoms in total. The van der Waals surface area contributed by atoms with Gasteiger partial charge in [-0.05, 0) is 48.9 Å². The molecule has 0 bridgehead atoms. The van der Waals surface area contributed by atoms with Gasteiger partial charge in [0.2, 0.25) is 0 Å². The lowest BCUT2D eigenvalue weighted by Crippen LogP contribution is -2.44. The van der Waals surface area contributed by atoms with Crippen LogP contribution < -0.4 is 5.32 Å². The quantitative estimate of drug-likeness (QED) is 0.870. The Bertz CT molecular complexity index is 627. The number of hydrogen-bond acceptors (Lipinski definition) is 4. The highest BCUT2D eigenvalue weighted by molar-refractivity contribution is 7.09. The van der Waals surface area contributed by atoms with Crippen LogP contribution in [0.3, 0.4) is 0 Å². The number of rotatable bonds is 6. The molecular weight excluding hydrogens is 322 g/mol. The molecule has 0 aliphatic carbocycles. The summed E-state index contributed by atoms with van der Waals surface area (Å²) >= 11 is 1.67. The Kier molecular flexibility index (Phi) is 5.82. The highest BCUT2D eigenvalue weighted by Crippen LogP contribution is 2.18. The van der Waals surface area contributed by atoms with Crippen molar-refractivity contribution in [3.05, 3.63) is 52.5 Å². The van der Waals surface area contributed by atoms with E-state index in [2.05, 4.69) is 16.4 Å². The molecule has 0 spiro atoms. The highest BCUT2D eigenvalue weighted by Gasteiger charge is 2.24. The molecule has 3 rings (SSSR count). The van der Waals surface area contributed by atoms with Gasteiger partial charge in [0, 0.05) is 30.4 Å². The van der Waals surface area contributed by atoms with Gasteiger partial charge >= 0.3 is 6.03 Å². The number of aromatic nitrogens is 1. The van der Waals surface area contributed by atoms with Gasteiger partial charge in [0.05, 0.1) is 18.7 Å². The molecule has 1 aliphatic heterocycles.